The molecule has 1 heterocycles. The predicted molar refractivity (Wildman–Crippen MR) is 88.5 cm³/mol. The Bertz CT molecular complexity index is 633. The molecule has 0 spiro atoms. The number of rotatable bonds is 5. The minimum Gasteiger partial charge on any atom is -0.380 e. The first-order valence-corrected chi connectivity index (χ1v) is 7.72. The van der Waals surface area contributed by atoms with Crippen LogP contribution >= 0.6 is 0 Å². The third-order valence-corrected chi connectivity index (χ3v) is 3.76. The smallest absolute Gasteiger partial charge is 0.123 e. The van der Waals surface area contributed by atoms with Crippen molar-refractivity contribution in [2.24, 2.45) is 0 Å². The summed E-state index contributed by atoms with van der Waals surface area (Å²) in [7, 11) is 1.69. The van der Waals surface area contributed by atoms with Crippen molar-refractivity contribution in [3.8, 4) is 11.1 Å². The van der Waals surface area contributed by atoms with Gasteiger partial charge in [-0.1, -0.05) is 39.8 Å². The Labute approximate surface area is 132 Å². The van der Waals surface area contributed by atoms with Crippen molar-refractivity contribution >= 4 is 0 Å². The van der Waals surface area contributed by atoms with Gasteiger partial charge in [-0.2, -0.15) is 0 Å². The van der Waals surface area contributed by atoms with Crippen molar-refractivity contribution in [3.63, 3.8) is 0 Å². The van der Waals surface area contributed by atoms with Gasteiger partial charge in [-0.15, -0.1) is 0 Å². The van der Waals surface area contributed by atoms with E-state index in [0.717, 1.165) is 28.1 Å². The fourth-order valence-electron chi connectivity index (χ4n) is 2.57. The van der Waals surface area contributed by atoms with Gasteiger partial charge in [-0.25, -0.2) is 4.39 Å². The maximum atomic E-state index is 13.2. The summed E-state index contributed by atoms with van der Waals surface area (Å²) in [4.78, 5) is 4.84. The Morgan fingerprint density at radius 3 is 2.18 bits per heavy atom. The van der Waals surface area contributed by atoms with Crippen LogP contribution in [0.2, 0.25) is 0 Å². The van der Waals surface area contributed by atoms with Gasteiger partial charge >= 0.3 is 0 Å². The molecule has 3 heteroatoms. The highest BCUT2D eigenvalue weighted by molar-refractivity contribution is 5.69. The molecule has 2 aromatic rings. The molecule has 0 amide bonds. The third-order valence-electron chi connectivity index (χ3n) is 3.76. The van der Waals surface area contributed by atoms with Crippen LogP contribution < -0.4 is 0 Å². The minimum absolute atomic E-state index is 0.223. The van der Waals surface area contributed by atoms with Crippen LogP contribution in [0, 0.1) is 5.82 Å². The van der Waals surface area contributed by atoms with Crippen LogP contribution in [0.4, 0.5) is 4.39 Å². The summed E-state index contributed by atoms with van der Waals surface area (Å²) in [5.41, 5.74) is 5.30. The molecule has 0 aliphatic rings. The van der Waals surface area contributed by atoms with Crippen LogP contribution in [0.5, 0.6) is 0 Å². The molecule has 0 fully saturated rings. The van der Waals surface area contributed by atoms with Crippen molar-refractivity contribution in [1.29, 1.82) is 0 Å². The summed E-state index contributed by atoms with van der Waals surface area (Å²) < 4.78 is 18.6. The van der Waals surface area contributed by atoms with Crippen LogP contribution in [0.25, 0.3) is 11.1 Å². The maximum absolute atomic E-state index is 13.2. The summed E-state index contributed by atoms with van der Waals surface area (Å²) in [5.74, 6) is 0.426. The molecule has 22 heavy (non-hydrogen) atoms. The van der Waals surface area contributed by atoms with E-state index in [1.165, 1.54) is 12.1 Å². The molecule has 1 aromatic heterocycles. The largest absolute Gasteiger partial charge is 0.380 e. The zero-order valence-corrected chi connectivity index (χ0v) is 14.0. The lowest BCUT2D eigenvalue weighted by Gasteiger charge is -2.19. The Morgan fingerprint density at radius 2 is 1.68 bits per heavy atom. The van der Waals surface area contributed by atoms with Crippen LogP contribution in [0.15, 0.2) is 30.3 Å². The van der Waals surface area contributed by atoms with E-state index in [1.807, 2.05) is 12.1 Å². The zero-order chi connectivity index (χ0) is 16.3. The molecular weight excluding hydrogens is 277 g/mol. The van der Waals surface area contributed by atoms with Gasteiger partial charge in [0.1, 0.15) is 5.82 Å². The van der Waals surface area contributed by atoms with Crippen molar-refractivity contribution < 1.29 is 9.13 Å². The molecule has 0 saturated carbocycles. The lowest BCUT2D eigenvalue weighted by molar-refractivity contribution is 0.184. The number of methoxy groups -OCH3 is 1. The van der Waals surface area contributed by atoms with Crippen LogP contribution in [0.1, 0.15) is 56.5 Å². The van der Waals surface area contributed by atoms with Crippen LogP contribution in [0.3, 0.4) is 0 Å². The number of aromatic nitrogens is 1. The van der Waals surface area contributed by atoms with Crippen molar-refractivity contribution in [1.82, 2.24) is 4.98 Å². The zero-order valence-electron chi connectivity index (χ0n) is 14.0. The summed E-state index contributed by atoms with van der Waals surface area (Å²) in [6.45, 7) is 9.05. The number of halogens is 1. The van der Waals surface area contributed by atoms with Crippen LogP contribution in [-0.4, -0.2) is 12.1 Å². The van der Waals surface area contributed by atoms with Gasteiger partial charge in [0.15, 0.2) is 0 Å². The monoisotopic (exact) mass is 301 g/mol. The molecule has 0 saturated heterocycles. The van der Waals surface area contributed by atoms with Gasteiger partial charge in [-0.3, -0.25) is 4.98 Å². The highest BCUT2D eigenvalue weighted by Crippen LogP contribution is 2.32. The first-order chi connectivity index (χ1) is 10.4. The van der Waals surface area contributed by atoms with Crippen molar-refractivity contribution in [3.05, 3.63) is 53.1 Å². The quantitative estimate of drug-likeness (QED) is 0.749. The normalized spacial score (nSPS) is 11.5. The van der Waals surface area contributed by atoms with Crippen molar-refractivity contribution in [2.75, 3.05) is 7.11 Å². The fourth-order valence-corrected chi connectivity index (χ4v) is 2.57. The number of benzene rings is 1. The van der Waals surface area contributed by atoms with E-state index in [2.05, 4.69) is 33.8 Å². The minimum atomic E-state index is -0.223. The second-order valence-corrected chi connectivity index (χ2v) is 6.21. The SMILES string of the molecule is COCc1c(-c2ccc(F)cc2)cc(C(C)C)nc1C(C)C. The van der Waals surface area contributed by atoms with Gasteiger partial charge < -0.3 is 4.74 Å². The summed E-state index contributed by atoms with van der Waals surface area (Å²) in [6, 6.07) is 8.74. The van der Waals surface area contributed by atoms with E-state index in [0.29, 0.717) is 18.4 Å². The van der Waals surface area contributed by atoms with Gasteiger partial charge in [-0.05, 0) is 41.2 Å². The first-order valence-electron chi connectivity index (χ1n) is 7.72. The Morgan fingerprint density at radius 1 is 1.05 bits per heavy atom. The number of hydrogen-bond acceptors (Lipinski definition) is 2. The highest BCUT2D eigenvalue weighted by Gasteiger charge is 2.17. The molecular formula is C19H24FNO. The molecule has 0 bridgehead atoms. The summed E-state index contributed by atoms with van der Waals surface area (Å²) >= 11 is 0. The van der Waals surface area contributed by atoms with Gasteiger partial charge in [0.25, 0.3) is 0 Å². The Kier molecular flexibility index (Phi) is 5.30. The number of pyridine rings is 1. The topological polar surface area (TPSA) is 22.1 Å². The molecule has 0 aliphatic carbocycles. The second-order valence-electron chi connectivity index (χ2n) is 6.21. The van der Waals surface area contributed by atoms with Gasteiger partial charge in [0, 0.05) is 24.1 Å². The van der Waals surface area contributed by atoms with E-state index in [-0.39, 0.29) is 5.82 Å². The Hall–Kier alpha value is -1.74. The maximum Gasteiger partial charge on any atom is 0.123 e. The molecule has 2 nitrogen and oxygen atoms in total. The lowest BCUT2D eigenvalue weighted by atomic mass is 9.92. The molecule has 0 radical (unpaired) electrons. The average molecular weight is 301 g/mol. The van der Waals surface area contributed by atoms with E-state index in [4.69, 9.17) is 9.72 Å². The number of ether oxygens (including phenoxy) is 1. The summed E-state index contributed by atoms with van der Waals surface area (Å²) in [5, 5.41) is 0. The number of hydrogen-bond donors (Lipinski definition) is 0. The molecule has 1 aromatic carbocycles. The summed E-state index contributed by atoms with van der Waals surface area (Å²) in [6.07, 6.45) is 0. The number of nitrogens with zero attached hydrogens (tertiary/aromatic N) is 1. The second kappa shape index (κ2) is 7.01. The average Bonchev–Trinajstić information content (AvgIpc) is 2.48. The van der Waals surface area contributed by atoms with E-state index >= 15 is 0 Å². The molecule has 0 atom stereocenters. The molecule has 2 rings (SSSR count). The lowest BCUT2D eigenvalue weighted by Crippen LogP contribution is -2.08. The predicted octanol–water partition coefficient (Wildman–Crippen LogP) is 5.28. The highest BCUT2D eigenvalue weighted by atomic mass is 19.1. The van der Waals surface area contributed by atoms with E-state index < -0.39 is 0 Å². The van der Waals surface area contributed by atoms with E-state index in [9.17, 15) is 4.39 Å². The molecule has 0 N–H and O–H groups in total. The fraction of sp³-hybridized carbons (Fsp3) is 0.421. The first kappa shape index (κ1) is 16.6. The Balaban J connectivity index is 2.69. The van der Waals surface area contributed by atoms with Crippen LogP contribution in [-0.2, 0) is 11.3 Å². The third kappa shape index (κ3) is 3.53. The standard InChI is InChI=1S/C19H24FNO/c1-12(2)18-10-16(14-6-8-15(20)9-7-14)17(11-22-5)19(21-18)13(3)4/h6-10,12-13H,11H2,1-5H3. The van der Waals surface area contributed by atoms with Gasteiger partial charge in [0.2, 0.25) is 0 Å². The molecule has 0 aliphatic heterocycles. The molecule has 0 unspecified atom stereocenters. The molecule has 118 valence electrons. The van der Waals surface area contributed by atoms with Gasteiger partial charge in [0.05, 0.1) is 6.61 Å². The van der Waals surface area contributed by atoms with Crippen molar-refractivity contribution in [2.45, 2.75) is 46.1 Å². The van der Waals surface area contributed by atoms with E-state index in [1.54, 1.807) is 7.11 Å².